The molecule has 12 rings (SSSR count). The van der Waals surface area contributed by atoms with Gasteiger partial charge in [-0.05, 0) is 69.4 Å². The minimum Gasteiger partial charge on any atom is -0.456 e. The van der Waals surface area contributed by atoms with E-state index in [1.165, 1.54) is 21.5 Å². The zero-order chi connectivity index (χ0) is 39.6. The van der Waals surface area contributed by atoms with Crippen LogP contribution in [0, 0.1) is 0 Å². The first kappa shape index (κ1) is 33.9. The van der Waals surface area contributed by atoms with Crippen molar-refractivity contribution in [2.24, 2.45) is 0 Å². The molecule has 12 aromatic rings. The van der Waals surface area contributed by atoms with Crippen molar-refractivity contribution >= 4 is 54.5 Å². The van der Waals surface area contributed by atoms with E-state index in [-0.39, 0.29) is 0 Å². The predicted octanol–water partition coefficient (Wildman–Crippen LogP) is 14.4. The SMILES string of the molecule is c1ccc(-c2ccc(-c3nc(-c4ccc(-c5ccccc5)cc4)nc(-c4c(-n5c6ccccc6c6cc7ccccc7cc65)ccc5oc6ccccc6c45)n3)cc2)cc1. The van der Waals surface area contributed by atoms with E-state index in [1.807, 2.05) is 24.3 Å². The van der Waals surface area contributed by atoms with Crippen molar-refractivity contribution in [1.29, 1.82) is 0 Å². The van der Waals surface area contributed by atoms with E-state index in [0.717, 1.165) is 77.6 Å². The first-order chi connectivity index (χ1) is 29.7. The maximum atomic E-state index is 6.58. The first-order valence-corrected chi connectivity index (χ1v) is 20.2. The van der Waals surface area contributed by atoms with Gasteiger partial charge < -0.3 is 8.98 Å². The Hall–Kier alpha value is -8.15. The van der Waals surface area contributed by atoms with E-state index in [4.69, 9.17) is 19.4 Å². The summed E-state index contributed by atoms with van der Waals surface area (Å²) in [5.74, 6) is 1.74. The fourth-order valence-electron chi connectivity index (χ4n) is 8.76. The Balaban J connectivity index is 1.15. The summed E-state index contributed by atoms with van der Waals surface area (Å²) in [4.78, 5) is 16.0. The van der Waals surface area contributed by atoms with Gasteiger partial charge in [0.1, 0.15) is 11.2 Å². The lowest BCUT2D eigenvalue weighted by molar-refractivity contribution is 0.669. The van der Waals surface area contributed by atoms with Crippen LogP contribution >= 0.6 is 0 Å². The highest BCUT2D eigenvalue weighted by Gasteiger charge is 2.24. The van der Waals surface area contributed by atoms with Crippen molar-refractivity contribution in [1.82, 2.24) is 19.5 Å². The fourth-order valence-corrected chi connectivity index (χ4v) is 8.76. The average Bonchev–Trinajstić information content (AvgIpc) is 3.86. The van der Waals surface area contributed by atoms with E-state index >= 15 is 0 Å². The van der Waals surface area contributed by atoms with Crippen LogP contribution in [0.2, 0.25) is 0 Å². The summed E-state index contributed by atoms with van der Waals surface area (Å²) in [7, 11) is 0. The average molecular weight is 767 g/mol. The molecule has 0 saturated heterocycles. The molecule has 280 valence electrons. The molecule has 0 aliphatic heterocycles. The van der Waals surface area contributed by atoms with E-state index < -0.39 is 0 Å². The Labute approximate surface area is 345 Å². The number of para-hydroxylation sites is 2. The van der Waals surface area contributed by atoms with Crippen LogP contribution in [0.25, 0.3) is 117 Å². The maximum Gasteiger partial charge on any atom is 0.166 e. The zero-order valence-electron chi connectivity index (χ0n) is 32.3. The minimum absolute atomic E-state index is 0.563. The summed E-state index contributed by atoms with van der Waals surface area (Å²) in [6.07, 6.45) is 0. The van der Waals surface area contributed by atoms with Crippen LogP contribution in [0.1, 0.15) is 0 Å². The second-order valence-corrected chi connectivity index (χ2v) is 15.2. The van der Waals surface area contributed by atoms with E-state index in [0.29, 0.717) is 17.5 Å². The maximum absolute atomic E-state index is 6.58. The van der Waals surface area contributed by atoms with Gasteiger partial charge in [0, 0.05) is 32.7 Å². The van der Waals surface area contributed by atoms with Crippen molar-refractivity contribution in [2.45, 2.75) is 0 Å². The number of rotatable bonds is 6. The number of hydrogen-bond donors (Lipinski definition) is 0. The van der Waals surface area contributed by atoms with Crippen LogP contribution in [0.15, 0.2) is 211 Å². The van der Waals surface area contributed by atoms with Gasteiger partial charge in [0.05, 0.1) is 22.3 Å². The minimum atomic E-state index is 0.563. The number of furan rings is 1. The number of benzene rings is 9. The lowest BCUT2D eigenvalue weighted by Gasteiger charge is -2.16. The first-order valence-electron chi connectivity index (χ1n) is 20.2. The van der Waals surface area contributed by atoms with Crippen molar-refractivity contribution in [3.8, 4) is 62.1 Å². The molecule has 0 fully saturated rings. The van der Waals surface area contributed by atoms with Crippen molar-refractivity contribution in [3.05, 3.63) is 206 Å². The number of nitrogens with zero attached hydrogens (tertiary/aromatic N) is 4. The highest BCUT2D eigenvalue weighted by Crippen LogP contribution is 2.44. The third-order valence-corrected chi connectivity index (χ3v) is 11.7. The molecule has 60 heavy (non-hydrogen) atoms. The molecule has 0 saturated carbocycles. The quantitative estimate of drug-likeness (QED) is 0.169. The van der Waals surface area contributed by atoms with Crippen molar-refractivity contribution < 1.29 is 4.42 Å². The van der Waals surface area contributed by atoms with Gasteiger partial charge in [-0.15, -0.1) is 0 Å². The molecule has 0 radical (unpaired) electrons. The van der Waals surface area contributed by atoms with E-state index in [9.17, 15) is 0 Å². The monoisotopic (exact) mass is 766 g/mol. The molecule has 0 bridgehead atoms. The molecule has 0 N–H and O–H groups in total. The zero-order valence-corrected chi connectivity index (χ0v) is 32.3. The molecule has 0 spiro atoms. The Kier molecular flexibility index (Phi) is 7.78. The van der Waals surface area contributed by atoms with Crippen LogP contribution in [0.3, 0.4) is 0 Å². The van der Waals surface area contributed by atoms with Gasteiger partial charge in [-0.1, -0.05) is 170 Å². The van der Waals surface area contributed by atoms with Gasteiger partial charge in [-0.2, -0.15) is 0 Å². The summed E-state index contributed by atoms with van der Waals surface area (Å²) < 4.78 is 8.95. The Morgan fingerprint density at radius 3 is 1.48 bits per heavy atom. The van der Waals surface area contributed by atoms with Gasteiger partial charge in [0.25, 0.3) is 0 Å². The third kappa shape index (κ3) is 5.59. The summed E-state index contributed by atoms with van der Waals surface area (Å²) in [5, 5.41) is 6.69. The van der Waals surface area contributed by atoms with Crippen molar-refractivity contribution in [2.75, 3.05) is 0 Å². The summed E-state index contributed by atoms with van der Waals surface area (Å²) in [6.45, 7) is 0. The van der Waals surface area contributed by atoms with Gasteiger partial charge in [0.2, 0.25) is 0 Å². The van der Waals surface area contributed by atoms with E-state index in [2.05, 4.69) is 187 Å². The standard InChI is InChI=1S/C55H34N4O/c1-3-13-35(14-4-1)37-23-27-39(28-24-37)53-56-54(40-29-25-38(26-30-40)36-15-5-2-6-16-36)58-55(57-53)52-47(31-32-50-51(52)44-20-10-12-22-49(44)60-50)59-46-21-11-9-19-43(46)45-33-41-17-7-8-18-42(41)34-48(45)59/h1-34H. The Morgan fingerprint density at radius 2 is 0.833 bits per heavy atom. The molecular weight excluding hydrogens is 733 g/mol. The molecule has 0 atom stereocenters. The molecule has 0 amide bonds. The van der Waals surface area contributed by atoms with Gasteiger partial charge in [0.15, 0.2) is 17.5 Å². The highest BCUT2D eigenvalue weighted by atomic mass is 16.3. The molecule has 0 aliphatic carbocycles. The Bertz CT molecular complexity index is 3470. The molecular formula is C55H34N4O. The Morgan fingerprint density at radius 1 is 0.333 bits per heavy atom. The molecule has 0 unspecified atom stereocenters. The van der Waals surface area contributed by atoms with E-state index in [1.54, 1.807) is 0 Å². The van der Waals surface area contributed by atoms with Crippen LogP contribution in [0.4, 0.5) is 0 Å². The number of hydrogen-bond acceptors (Lipinski definition) is 4. The second-order valence-electron chi connectivity index (χ2n) is 15.2. The summed E-state index contributed by atoms with van der Waals surface area (Å²) >= 11 is 0. The normalized spacial score (nSPS) is 11.7. The lowest BCUT2D eigenvalue weighted by atomic mass is 10.0. The van der Waals surface area contributed by atoms with Gasteiger partial charge >= 0.3 is 0 Å². The molecule has 5 nitrogen and oxygen atoms in total. The molecule has 0 aliphatic rings. The summed E-state index contributed by atoms with van der Waals surface area (Å²) in [5.41, 5.74) is 12.0. The molecule has 9 aromatic carbocycles. The summed E-state index contributed by atoms with van der Waals surface area (Å²) in [6, 6.07) is 72.1. The van der Waals surface area contributed by atoms with Crippen LogP contribution in [-0.2, 0) is 0 Å². The highest BCUT2D eigenvalue weighted by molar-refractivity contribution is 6.17. The van der Waals surface area contributed by atoms with Crippen LogP contribution < -0.4 is 0 Å². The smallest absolute Gasteiger partial charge is 0.166 e. The molecule has 5 heteroatoms. The largest absolute Gasteiger partial charge is 0.456 e. The van der Waals surface area contributed by atoms with Gasteiger partial charge in [-0.3, -0.25) is 0 Å². The molecule has 3 heterocycles. The lowest BCUT2D eigenvalue weighted by Crippen LogP contribution is -2.04. The fraction of sp³-hybridized carbons (Fsp3) is 0. The molecule has 3 aromatic heterocycles. The second kappa shape index (κ2) is 13.8. The van der Waals surface area contributed by atoms with Crippen LogP contribution in [-0.4, -0.2) is 19.5 Å². The topological polar surface area (TPSA) is 56.7 Å². The van der Waals surface area contributed by atoms with Crippen LogP contribution in [0.5, 0.6) is 0 Å². The van der Waals surface area contributed by atoms with Crippen molar-refractivity contribution in [3.63, 3.8) is 0 Å². The number of fused-ring (bicyclic) bond motifs is 7. The third-order valence-electron chi connectivity index (χ3n) is 11.7. The predicted molar refractivity (Wildman–Crippen MR) is 246 cm³/mol. The van der Waals surface area contributed by atoms with Gasteiger partial charge in [-0.25, -0.2) is 15.0 Å². The number of aromatic nitrogens is 4.